The van der Waals surface area contributed by atoms with E-state index in [2.05, 4.69) is 60.9 Å². The summed E-state index contributed by atoms with van der Waals surface area (Å²) in [5.74, 6) is 3.77. The summed E-state index contributed by atoms with van der Waals surface area (Å²) >= 11 is 0. The van der Waals surface area contributed by atoms with Gasteiger partial charge in [0.2, 0.25) is 5.91 Å². The first-order valence-corrected chi connectivity index (χ1v) is 26.5. The number of aliphatic hydroxyl groups excluding tert-OH is 7. The zero-order valence-corrected chi connectivity index (χ0v) is 41.7. The van der Waals surface area contributed by atoms with Crippen molar-refractivity contribution in [2.75, 3.05) is 26.4 Å². The van der Waals surface area contributed by atoms with Gasteiger partial charge in [-0.25, -0.2) is 4.98 Å². The average molecular weight is 977 g/mol. The average Bonchev–Trinajstić information content (AvgIpc) is 4.09. The van der Waals surface area contributed by atoms with Gasteiger partial charge >= 0.3 is 5.97 Å². The van der Waals surface area contributed by atoms with E-state index in [1.54, 1.807) is 6.33 Å². The summed E-state index contributed by atoms with van der Waals surface area (Å²) in [5.41, 5.74) is 2.36. The van der Waals surface area contributed by atoms with Crippen molar-refractivity contribution in [1.82, 2.24) is 15.3 Å². The number of nitrogens with zero attached hydrogens (tertiary/aromatic N) is 1. The summed E-state index contributed by atoms with van der Waals surface area (Å²) in [6.45, 7) is 10.2. The molecule has 0 radical (unpaired) electrons. The fourth-order valence-corrected chi connectivity index (χ4v) is 18.5. The summed E-state index contributed by atoms with van der Waals surface area (Å²) < 4.78 is 12.7. The second-order valence-corrected chi connectivity index (χ2v) is 25.1. The van der Waals surface area contributed by atoms with Crippen LogP contribution in [0.5, 0.6) is 0 Å². The van der Waals surface area contributed by atoms with E-state index in [1.807, 2.05) is 13.1 Å². The molecule has 1 amide bonds. The number of carbonyl (C=O) groups is 2. The Morgan fingerprint density at radius 3 is 2.43 bits per heavy atom. The minimum atomic E-state index is -1.70. The molecule has 1 aromatic rings. The van der Waals surface area contributed by atoms with Crippen LogP contribution in [0, 0.1) is 91.2 Å². The van der Waals surface area contributed by atoms with E-state index in [1.165, 1.54) is 0 Å². The standard InChI is InChI=1S/C54H80N4O12/c1-48(26-60)15-17-53(47(67)68)18-16-49(2)31(34(53)22-48)20-28-10-11-29-8-6-13-54(29)32(39(58-46(54)66)30(9-7-19-55)35-23-56-27-57-35)21-33-40(63)44(70-45-42(65)41(64)36(61)25-69-45)52(5,38(62)24-59)37-12-14-50(49,3)43(28)51(33,37)4/h20,23,27-30,32-34,36-45,59-65H,6-9,12-19,21-22,24-26,55H2,1-5H3,(H,56,57)(H,58,66)(H,67,68)/t28-,29+,30+,32+,33-,34-,36+,37-,38+,39+,40+,41-,42+,43-,44+,45-,48-,49+,50+,51-,52+,53-,54-/m0/s1. The second-order valence-electron chi connectivity index (χ2n) is 25.1. The third kappa shape index (κ3) is 6.80. The molecule has 16 heteroatoms. The quantitative estimate of drug-likeness (QED) is 0.0865. The van der Waals surface area contributed by atoms with Crippen molar-refractivity contribution in [2.24, 2.45) is 85.1 Å². The lowest BCUT2D eigenvalue weighted by Gasteiger charge is -2.75. The number of hydrogen-bond acceptors (Lipinski definition) is 13. The number of carbonyl (C=O) groups excluding carboxylic acids is 1. The number of aliphatic hydroxyl groups is 7. The largest absolute Gasteiger partial charge is 0.481 e. The highest BCUT2D eigenvalue weighted by Gasteiger charge is 2.77. The number of nitrogens with two attached hydrogens (primary N) is 1. The summed E-state index contributed by atoms with van der Waals surface area (Å²) in [5, 5.41) is 95.7. The number of rotatable bonds is 11. The van der Waals surface area contributed by atoms with Crippen molar-refractivity contribution >= 4 is 11.9 Å². The van der Waals surface area contributed by atoms with Crippen LogP contribution in [-0.2, 0) is 19.1 Å². The monoisotopic (exact) mass is 977 g/mol. The van der Waals surface area contributed by atoms with E-state index < -0.39 is 117 Å². The Kier molecular flexibility index (Phi) is 12.7. The number of hydrogen-bond donors (Lipinski definition) is 11. The van der Waals surface area contributed by atoms with Gasteiger partial charge in [0.15, 0.2) is 6.29 Å². The molecule has 3 heterocycles. The van der Waals surface area contributed by atoms with Gasteiger partial charge in [0.1, 0.15) is 18.3 Å². The summed E-state index contributed by atoms with van der Waals surface area (Å²) in [4.78, 5) is 36.8. The number of allylic oxidation sites excluding steroid dienone is 2. The Bertz CT molecular complexity index is 2270. The van der Waals surface area contributed by atoms with Crippen molar-refractivity contribution in [3.05, 3.63) is 29.9 Å². The SMILES string of the molecule is C[C@]1(CO)CC[C@]2(C(=O)O)CC[C@]3(C)C(=C[C@@H]4C#C[C@H]5CCC[C@]56C(=O)N[C@H]([C@H](CCCN)c5cnc[nH]5)[C@H]6C[C@H]5[C@@H](O)[C@@H](O[C@@H]6OC[C@@H](O)[C@H](O)[C@H]6O)[C@@](C)([C@H](O)CO)[C@H]6CC[C@]3(C)[C@H]4[C@]65C)[C@@H]2C1. The van der Waals surface area contributed by atoms with Gasteiger partial charge < -0.3 is 66.4 Å². The number of carboxylic acid groups (broad SMARTS) is 1. The zero-order chi connectivity index (χ0) is 50.1. The van der Waals surface area contributed by atoms with Crippen LogP contribution < -0.4 is 11.1 Å². The van der Waals surface area contributed by atoms with Crippen molar-refractivity contribution in [2.45, 2.75) is 173 Å². The van der Waals surface area contributed by atoms with Gasteiger partial charge in [-0.15, -0.1) is 0 Å². The van der Waals surface area contributed by atoms with Crippen LogP contribution in [0.3, 0.4) is 0 Å². The Hall–Kier alpha value is -2.95. The van der Waals surface area contributed by atoms with E-state index >= 15 is 4.79 Å². The third-order valence-corrected chi connectivity index (χ3v) is 22.5. The predicted octanol–water partition coefficient (Wildman–Crippen LogP) is 2.98. The molecule has 7 fully saturated rings. The smallest absolute Gasteiger partial charge is 0.310 e. The van der Waals surface area contributed by atoms with E-state index in [0.29, 0.717) is 83.6 Å². The maximum atomic E-state index is 15.3. The van der Waals surface area contributed by atoms with Crippen molar-refractivity contribution in [3.8, 4) is 11.8 Å². The molecule has 388 valence electrons. The summed E-state index contributed by atoms with van der Waals surface area (Å²) in [7, 11) is 0. The molecule has 7 aliphatic carbocycles. The lowest BCUT2D eigenvalue weighted by Crippen LogP contribution is -2.75. The van der Waals surface area contributed by atoms with Crippen LogP contribution >= 0.6 is 0 Å². The number of aromatic nitrogens is 2. The molecular formula is C54H80N4O12. The number of aromatic amines is 1. The summed E-state index contributed by atoms with van der Waals surface area (Å²) in [6, 6.07) is -0.401. The maximum absolute atomic E-state index is 15.3. The lowest BCUT2D eigenvalue weighted by molar-refractivity contribution is -0.349. The van der Waals surface area contributed by atoms with Crippen LogP contribution in [0.2, 0.25) is 0 Å². The van der Waals surface area contributed by atoms with Gasteiger partial charge in [0.05, 0.1) is 48.7 Å². The number of carboxylic acids is 1. The first-order valence-electron chi connectivity index (χ1n) is 26.5. The van der Waals surface area contributed by atoms with Crippen LogP contribution in [-0.4, -0.2) is 138 Å². The molecule has 12 N–H and O–H groups in total. The highest BCUT2D eigenvalue weighted by Crippen LogP contribution is 2.79. The number of fused-ring (bicyclic) bond motifs is 4. The van der Waals surface area contributed by atoms with Gasteiger partial charge in [-0.2, -0.15) is 0 Å². The molecule has 2 aliphatic heterocycles. The molecule has 1 aromatic heterocycles. The van der Waals surface area contributed by atoms with Gasteiger partial charge in [-0.1, -0.05) is 64.5 Å². The lowest BCUT2D eigenvalue weighted by atomic mass is 9.30. The number of aliphatic carboxylic acids is 1. The van der Waals surface area contributed by atoms with E-state index in [4.69, 9.17) is 15.2 Å². The molecular weight excluding hydrogens is 897 g/mol. The maximum Gasteiger partial charge on any atom is 0.310 e. The number of imidazole rings is 1. The van der Waals surface area contributed by atoms with E-state index in [-0.39, 0.29) is 48.7 Å². The molecule has 0 bridgehead atoms. The van der Waals surface area contributed by atoms with Gasteiger partial charge in [0.25, 0.3) is 0 Å². The molecule has 0 aromatic carbocycles. The zero-order valence-electron chi connectivity index (χ0n) is 41.7. The summed E-state index contributed by atoms with van der Waals surface area (Å²) in [6.07, 6.45) is 3.12. The topological polar surface area (TPSA) is 281 Å². The number of nitrogens with one attached hydrogen (secondary N) is 2. The molecule has 70 heavy (non-hydrogen) atoms. The van der Waals surface area contributed by atoms with Crippen molar-refractivity contribution in [1.29, 1.82) is 0 Å². The molecule has 0 unspecified atom stereocenters. The first kappa shape index (κ1) is 50.6. The Balaban J connectivity index is 1.22. The molecule has 5 saturated carbocycles. The minimum Gasteiger partial charge on any atom is -0.481 e. The van der Waals surface area contributed by atoms with Crippen molar-refractivity contribution < 1.29 is 59.9 Å². The van der Waals surface area contributed by atoms with Gasteiger partial charge in [-0.05, 0) is 135 Å². The molecule has 9 aliphatic rings. The second kappa shape index (κ2) is 17.6. The fourth-order valence-electron chi connectivity index (χ4n) is 18.5. The van der Waals surface area contributed by atoms with Crippen LogP contribution in [0.1, 0.15) is 130 Å². The minimum absolute atomic E-state index is 0.0510. The van der Waals surface area contributed by atoms with Gasteiger partial charge in [-0.3, -0.25) is 9.59 Å². The van der Waals surface area contributed by atoms with E-state index in [9.17, 15) is 45.6 Å². The highest BCUT2D eigenvalue weighted by atomic mass is 16.7. The molecule has 10 rings (SSSR count). The molecule has 2 saturated heterocycles. The predicted molar refractivity (Wildman–Crippen MR) is 254 cm³/mol. The third-order valence-electron chi connectivity index (χ3n) is 22.5. The number of amides is 1. The fraction of sp³-hybridized carbons (Fsp3) is 0.833. The normalized spacial score (nSPS) is 51.2. The molecule has 16 nitrogen and oxygen atoms in total. The van der Waals surface area contributed by atoms with Crippen LogP contribution in [0.15, 0.2) is 24.2 Å². The number of ether oxygens (including phenoxy) is 2. The highest BCUT2D eigenvalue weighted by molar-refractivity contribution is 5.87. The van der Waals surface area contributed by atoms with Crippen molar-refractivity contribution in [3.63, 3.8) is 0 Å². The Labute approximate surface area is 412 Å². The Morgan fingerprint density at radius 2 is 1.74 bits per heavy atom. The first-order chi connectivity index (χ1) is 33.2. The van der Waals surface area contributed by atoms with Crippen LogP contribution in [0.4, 0.5) is 0 Å². The van der Waals surface area contributed by atoms with E-state index in [0.717, 1.165) is 17.7 Å². The molecule has 23 atom stereocenters. The number of H-pyrrole nitrogens is 1. The van der Waals surface area contributed by atoms with Gasteiger partial charge in [0, 0.05) is 47.7 Å². The Morgan fingerprint density at radius 1 is 0.986 bits per heavy atom. The molecule has 1 spiro atoms. The van der Waals surface area contributed by atoms with Crippen LogP contribution in [0.25, 0.3) is 0 Å².